The van der Waals surface area contributed by atoms with Crippen molar-refractivity contribution in [3.63, 3.8) is 0 Å². The van der Waals surface area contributed by atoms with Crippen LogP contribution in [-0.2, 0) is 13.1 Å². The maximum Gasteiger partial charge on any atom is 0.0634 e. The van der Waals surface area contributed by atoms with Gasteiger partial charge >= 0.3 is 0 Å². The fraction of sp³-hybridized carbons (Fsp3) is 0.154. The summed E-state index contributed by atoms with van der Waals surface area (Å²) in [5.41, 5.74) is 2.31. The van der Waals surface area contributed by atoms with E-state index >= 15 is 0 Å². The van der Waals surface area contributed by atoms with E-state index in [1.807, 2.05) is 18.2 Å². The third kappa shape index (κ3) is 3.80. The van der Waals surface area contributed by atoms with Crippen LogP contribution in [0.25, 0.3) is 0 Å². The lowest BCUT2D eigenvalue weighted by atomic mass is 10.2. The predicted molar refractivity (Wildman–Crippen MR) is 73.9 cm³/mol. The van der Waals surface area contributed by atoms with Crippen molar-refractivity contribution in [3.8, 4) is 0 Å². The third-order valence-corrected chi connectivity index (χ3v) is 3.22. The summed E-state index contributed by atoms with van der Waals surface area (Å²) in [6.45, 7) is 1.56. The highest BCUT2D eigenvalue weighted by molar-refractivity contribution is 9.10. The van der Waals surface area contributed by atoms with Crippen LogP contribution >= 0.6 is 27.5 Å². The molecule has 1 aromatic carbocycles. The minimum absolute atomic E-state index is 0.703. The molecule has 4 heteroatoms. The molecule has 2 nitrogen and oxygen atoms in total. The molecule has 0 unspecified atom stereocenters. The molecule has 2 aromatic rings. The van der Waals surface area contributed by atoms with Crippen LogP contribution < -0.4 is 5.32 Å². The molecule has 0 fully saturated rings. The topological polar surface area (TPSA) is 24.9 Å². The van der Waals surface area contributed by atoms with Crippen molar-refractivity contribution >= 4 is 27.5 Å². The average Bonchev–Trinajstić information content (AvgIpc) is 2.32. The van der Waals surface area contributed by atoms with Crippen LogP contribution in [0, 0.1) is 0 Å². The van der Waals surface area contributed by atoms with E-state index in [9.17, 15) is 0 Å². The maximum absolute atomic E-state index is 6.02. The maximum atomic E-state index is 6.02. The van der Waals surface area contributed by atoms with Crippen molar-refractivity contribution in [2.24, 2.45) is 0 Å². The van der Waals surface area contributed by atoms with Crippen molar-refractivity contribution < 1.29 is 0 Å². The van der Waals surface area contributed by atoms with Crippen LogP contribution in [0.2, 0.25) is 5.02 Å². The van der Waals surface area contributed by atoms with Gasteiger partial charge in [0.05, 0.1) is 5.02 Å². The van der Waals surface area contributed by atoms with Gasteiger partial charge in [-0.15, -0.1) is 0 Å². The van der Waals surface area contributed by atoms with Crippen LogP contribution in [-0.4, -0.2) is 4.98 Å². The minimum Gasteiger partial charge on any atom is -0.309 e. The molecule has 0 aliphatic heterocycles. The van der Waals surface area contributed by atoms with E-state index in [0.717, 1.165) is 23.1 Å². The molecule has 17 heavy (non-hydrogen) atoms. The molecule has 1 heterocycles. The molecule has 0 aliphatic carbocycles. The second-order valence-electron chi connectivity index (χ2n) is 3.70. The number of hydrogen-bond donors (Lipinski definition) is 1. The highest BCUT2D eigenvalue weighted by Gasteiger charge is 1.99. The molecule has 0 radical (unpaired) electrons. The van der Waals surface area contributed by atoms with Crippen LogP contribution in [0.4, 0.5) is 0 Å². The number of benzene rings is 1. The fourth-order valence-electron chi connectivity index (χ4n) is 1.54. The van der Waals surface area contributed by atoms with Gasteiger partial charge in [-0.3, -0.25) is 4.98 Å². The van der Waals surface area contributed by atoms with Gasteiger partial charge in [0.15, 0.2) is 0 Å². The zero-order valence-corrected chi connectivity index (χ0v) is 11.5. The van der Waals surface area contributed by atoms with Crippen LogP contribution in [0.5, 0.6) is 0 Å². The summed E-state index contributed by atoms with van der Waals surface area (Å²) in [5.74, 6) is 0. The Bertz CT molecular complexity index is 502. The summed E-state index contributed by atoms with van der Waals surface area (Å²) in [5, 5.41) is 4.06. The monoisotopic (exact) mass is 310 g/mol. The Hall–Kier alpha value is -0.900. The van der Waals surface area contributed by atoms with E-state index in [1.54, 1.807) is 12.4 Å². The first-order valence-electron chi connectivity index (χ1n) is 5.29. The zero-order valence-electron chi connectivity index (χ0n) is 9.16. The van der Waals surface area contributed by atoms with Crippen molar-refractivity contribution in [1.82, 2.24) is 10.3 Å². The molecule has 0 spiro atoms. The van der Waals surface area contributed by atoms with Crippen molar-refractivity contribution in [1.29, 1.82) is 0 Å². The summed E-state index contributed by atoms with van der Waals surface area (Å²) in [6.07, 6.45) is 3.42. The molecular formula is C13H12BrClN2. The van der Waals surface area contributed by atoms with Gasteiger partial charge in [-0.1, -0.05) is 39.7 Å². The molecule has 2 rings (SSSR count). The lowest BCUT2D eigenvalue weighted by Crippen LogP contribution is -2.12. The molecule has 88 valence electrons. The van der Waals surface area contributed by atoms with Gasteiger partial charge in [0.25, 0.3) is 0 Å². The highest BCUT2D eigenvalue weighted by Crippen LogP contribution is 2.14. The summed E-state index contributed by atoms with van der Waals surface area (Å²) >= 11 is 9.47. The summed E-state index contributed by atoms with van der Waals surface area (Å²) < 4.78 is 1.10. The first-order chi connectivity index (χ1) is 8.25. The zero-order chi connectivity index (χ0) is 12.1. The average molecular weight is 312 g/mol. The van der Waals surface area contributed by atoms with Gasteiger partial charge < -0.3 is 5.32 Å². The Labute approximate surface area is 114 Å². The standard InChI is InChI=1S/C13H12BrClN2/c14-12-3-1-2-10(6-12)7-17-8-11-4-5-16-9-13(11)15/h1-6,9,17H,7-8H2. The number of hydrogen-bond acceptors (Lipinski definition) is 2. The van der Waals surface area contributed by atoms with E-state index in [-0.39, 0.29) is 0 Å². The summed E-state index contributed by atoms with van der Waals surface area (Å²) in [7, 11) is 0. The van der Waals surface area contributed by atoms with Gasteiger partial charge in [0.1, 0.15) is 0 Å². The van der Waals surface area contributed by atoms with E-state index in [4.69, 9.17) is 11.6 Å². The van der Waals surface area contributed by atoms with Gasteiger partial charge in [0.2, 0.25) is 0 Å². The molecule has 1 aromatic heterocycles. The number of aromatic nitrogens is 1. The van der Waals surface area contributed by atoms with E-state index in [2.05, 4.69) is 38.4 Å². The number of rotatable bonds is 4. The lowest BCUT2D eigenvalue weighted by Gasteiger charge is -2.06. The van der Waals surface area contributed by atoms with E-state index < -0.39 is 0 Å². The van der Waals surface area contributed by atoms with E-state index in [0.29, 0.717) is 5.02 Å². The highest BCUT2D eigenvalue weighted by atomic mass is 79.9. The second kappa shape index (κ2) is 6.15. The molecule has 1 N–H and O–H groups in total. The van der Waals surface area contributed by atoms with Crippen LogP contribution in [0.3, 0.4) is 0 Å². The van der Waals surface area contributed by atoms with Gasteiger partial charge in [-0.05, 0) is 29.3 Å². The SMILES string of the molecule is Clc1cnccc1CNCc1cccc(Br)c1. The summed E-state index contributed by atoms with van der Waals surface area (Å²) in [4.78, 5) is 3.96. The number of nitrogens with zero attached hydrogens (tertiary/aromatic N) is 1. The molecule has 0 amide bonds. The van der Waals surface area contributed by atoms with Crippen molar-refractivity contribution in [2.45, 2.75) is 13.1 Å². The van der Waals surface area contributed by atoms with Crippen molar-refractivity contribution in [2.75, 3.05) is 0 Å². The predicted octanol–water partition coefficient (Wildman–Crippen LogP) is 3.79. The minimum atomic E-state index is 0.703. The van der Waals surface area contributed by atoms with Crippen LogP contribution in [0.15, 0.2) is 47.2 Å². The Morgan fingerprint density at radius 1 is 1.24 bits per heavy atom. The number of pyridine rings is 1. The van der Waals surface area contributed by atoms with Gasteiger partial charge in [-0.2, -0.15) is 0 Å². The Morgan fingerprint density at radius 3 is 2.88 bits per heavy atom. The molecule has 0 atom stereocenters. The van der Waals surface area contributed by atoms with E-state index in [1.165, 1.54) is 5.56 Å². The number of nitrogens with one attached hydrogen (secondary N) is 1. The smallest absolute Gasteiger partial charge is 0.0634 e. The first kappa shape index (κ1) is 12.6. The Kier molecular flexibility index (Phi) is 4.54. The summed E-state index contributed by atoms with van der Waals surface area (Å²) in [6, 6.07) is 10.2. The Balaban J connectivity index is 1.90. The molecule has 0 bridgehead atoms. The van der Waals surface area contributed by atoms with Crippen molar-refractivity contribution in [3.05, 3.63) is 63.3 Å². The van der Waals surface area contributed by atoms with Gasteiger partial charge in [-0.25, -0.2) is 0 Å². The second-order valence-corrected chi connectivity index (χ2v) is 5.02. The van der Waals surface area contributed by atoms with Crippen LogP contribution in [0.1, 0.15) is 11.1 Å². The molecule has 0 aliphatic rings. The molecule has 0 saturated carbocycles. The van der Waals surface area contributed by atoms with Gasteiger partial charge in [0, 0.05) is 30.0 Å². The third-order valence-electron chi connectivity index (χ3n) is 2.39. The largest absolute Gasteiger partial charge is 0.309 e. The lowest BCUT2D eigenvalue weighted by molar-refractivity contribution is 0.692. The number of halogens is 2. The molecule has 0 saturated heterocycles. The fourth-order valence-corrected chi connectivity index (χ4v) is 2.17. The molecular weight excluding hydrogens is 300 g/mol. The normalized spacial score (nSPS) is 10.5. The Morgan fingerprint density at radius 2 is 2.12 bits per heavy atom. The quantitative estimate of drug-likeness (QED) is 0.929. The first-order valence-corrected chi connectivity index (χ1v) is 6.46.